The van der Waals surface area contributed by atoms with Gasteiger partial charge in [0.15, 0.2) is 7.14 Å². The van der Waals surface area contributed by atoms with Crippen LogP contribution in [-0.2, 0) is 14.1 Å². The van der Waals surface area contributed by atoms with Crippen molar-refractivity contribution in [2.75, 3.05) is 6.35 Å². The number of ether oxygens (including phenoxy) is 1. The molecule has 0 saturated heterocycles. The van der Waals surface area contributed by atoms with E-state index in [-0.39, 0.29) is 6.35 Å². The van der Waals surface area contributed by atoms with Crippen LogP contribution in [0.15, 0.2) is 30.3 Å². The smallest absolute Gasteiger partial charge is 0.303 e. The van der Waals surface area contributed by atoms with Gasteiger partial charge in [0.2, 0.25) is 0 Å². The normalized spacial score (nSPS) is 15.1. The van der Waals surface area contributed by atoms with Crippen LogP contribution in [0.1, 0.15) is 27.7 Å². The van der Waals surface area contributed by atoms with Crippen LogP contribution in [-0.4, -0.2) is 17.5 Å². The van der Waals surface area contributed by atoms with Crippen molar-refractivity contribution < 1.29 is 14.1 Å². The third-order valence-corrected chi connectivity index (χ3v) is 6.50. The number of esters is 1. The zero-order valence-corrected chi connectivity index (χ0v) is 11.7. The summed E-state index contributed by atoms with van der Waals surface area (Å²) in [5.74, 6) is -0.398. The van der Waals surface area contributed by atoms with E-state index in [1.807, 2.05) is 51.1 Å². The molecule has 0 saturated carbocycles. The summed E-state index contributed by atoms with van der Waals surface area (Å²) in [6, 6.07) is 9.23. The van der Waals surface area contributed by atoms with E-state index < -0.39 is 18.3 Å². The first-order valence-corrected chi connectivity index (χ1v) is 7.45. The Hall–Kier alpha value is -1.08. The fraction of sp³-hybridized carbons (Fsp3) is 0.462. The van der Waals surface area contributed by atoms with Crippen molar-refractivity contribution in [1.29, 1.82) is 0 Å². The van der Waals surface area contributed by atoms with Gasteiger partial charge in [0.1, 0.15) is 6.35 Å². The van der Waals surface area contributed by atoms with E-state index in [0.717, 1.165) is 5.30 Å². The van der Waals surface area contributed by atoms with E-state index in [1.54, 1.807) is 0 Å². The molecule has 0 amide bonds. The molecule has 1 unspecified atom stereocenters. The molecule has 17 heavy (non-hydrogen) atoms. The molecule has 0 aromatic heterocycles. The second kappa shape index (κ2) is 5.05. The summed E-state index contributed by atoms with van der Waals surface area (Å²) in [5, 5.41) is 0.331. The van der Waals surface area contributed by atoms with Crippen LogP contribution in [0.2, 0.25) is 0 Å². The standard InChI is InChI=1S/C13H19O3P/c1-11(14)16-10-17(15,13(2,3)4)12-8-6-5-7-9-12/h5-9H,10H2,1-4H3. The first-order chi connectivity index (χ1) is 7.77. The molecule has 1 aromatic carbocycles. The van der Waals surface area contributed by atoms with Gasteiger partial charge in [-0.2, -0.15) is 0 Å². The Morgan fingerprint density at radius 3 is 2.18 bits per heavy atom. The predicted molar refractivity (Wildman–Crippen MR) is 70.1 cm³/mol. The highest BCUT2D eigenvalue weighted by Crippen LogP contribution is 2.56. The summed E-state index contributed by atoms with van der Waals surface area (Å²) >= 11 is 0. The minimum atomic E-state index is -2.75. The average molecular weight is 254 g/mol. The van der Waals surface area contributed by atoms with E-state index in [4.69, 9.17) is 4.74 Å². The minimum absolute atomic E-state index is 0.0319. The van der Waals surface area contributed by atoms with Crippen molar-refractivity contribution in [3.63, 3.8) is 0 Å². The van der Waals surface area contributed by atoms with Gasteiger partial charge in [-0.05, 0) is 0 Å². The zero-order valence-electron chi connectivity index (χ0n) is 10.8. The van der Waals surface area contributed by atoms with Crippen molar-refractivity contribution >= 4 is 18.4 Å². The maximum Gasteiger partial charge on any atom is 0.303 e. The number of hydrogen-bond donors (Lipinski definition) is 0. The quantitative estimate of drug-likeness (QED) is 0.615. The zero-order chi connectivity index (χ0) is 13.1. The number of benzene rings is 1. The summed E-state index contributed by atoms with van der Waals surface area (Å²) in [5.41, 5.74) is 0. The van der Waals surface area contributed by atoms with Crippen molar-refractivity contribution in [2.24, 2.45) is 0 Å². The molecular weight excluding hydrogens is 235 g/mol. The maximum atomic E-state index is 13.1. The van der Waals surface area contributed by atoms with E-state index in [0.29, 0.717) is 0 Å². The number of rotatable bonds is 3. The fourth-order valence-corrected chi connectivity index (χ4v) is 3.83. The topological polar surface area (TPSA) is 43.4 Å². The summed E-state index contributed by atoms with van der Waals surface area (Å²) in [6.45, 7) is 7.05. The number of hydrogen-bond acceptors (Lipinski definition) is 3. The molecule has 0 N–H and O–H groups in total. The number of carbonyl (C=O) groups is 1. The van der Waals surface area contributed by atoms with Crippen LogP contribution >= 0.6 is 7.14 Å². The third-order valence-electron chi connectivity index (χ3n) is 2.71. The lowest BCUT2D eigenvalue weighted by molar-refractivity contribution is -0.139. The second-order valence-corrected chi connectivity index (χ2v) is 8.61. The molecule has 0 aliphatic rings. The van der Waals surface area contributed by atoms with Gasteiger partial charge in [0.05, 0.1) is 0 Å². The lowest BCUT2D eigenvalue weighted by atomic mass is 10.3. The van der Waals surface area contributed by atoms with Crippen LogP contribution in [0.25, 0.3) is 0 Å². The van der Waals surface area contributed by atoms with Gasteiger partial charge in [-0.1, -0.05) is 51.1 Å². The molecule has 0 bridgehead atoms. The molecule has 0 radical (unpaired) electrons. The molecule has 1 aromatic rings. The molecule has 0 heterocycles. The van der Waals surface area contributed by atoms with Gasteiger partial charge in [0.25, 0.3) is 0 Å². The lowest BCUT2D eigenvalue weighted by Gasteiger charge is -2.31. The van der Waals surface area contributed by atoms with Crippen LogP contribution < -0.4 is 5.30 Å². The molecule has 1 atom stereocenters. The fourth-order valence-electron chi connectivity index (χ4n) is 1.51. The molecular formula is C13H19O3P. The molecule has 4 heteroatoms. The lowest BCUT2D eigenvalue weighted by Crippen LogP contribution is -2.26. The largest absolute Gasteiger partial charge is 0.458 e. The van der Waals surface area contributed by atoms with Crippen LogP contribution in [0.5, 0.6) is 0 Å². The van der Waals surface area contributed by atoms with E-state index in [1.165, 1.54) is 6.92 Å². The van der Waals surface area contributed by atoms with E-state index in [9.17, 15) is 9.36 Å². The first kappa shape index (κ1) is 14.0. The van der Waals surface area contributed by atoms with Crippen LogP contribution in [0.3, 0.4) is 0 Å². The number of carbonyl (C=O) groups excluding carboxylic acids is 1. The first-order valence-electron chi connectivity index (χ1n) is 5.55. The highest BCUT2D eigenvalue weighted by atomic mass is 31.2. The van der Waals surface area contributed by atoms with Gasteiger partial charge in [-0.15, -0.1) is 0 Å². The molecule has 94 valence electrons. The summed E-state index contributed by atoms with van der Waals surface area (Å²) in [6.07, 6.45) is -0.0319. The molecule has 1 rings (SSSR count). The van der Waals surface area contributed by atoms with Crippen molar-refractivity contribution in [3.8, 4) is 0 Å². The maximum absolute atomic E-state index is 13.1. The molecule has 0 aliphatic heterocycles. The van der Waals surface area contributed by atoms with Gasteiger partial charge in [0, 0.05) is 17.4 Å². The summed E-state index contributed by atoms with van der Waals surface area (Å²) in [4.78, 5) is 10.9. The average Bonchev–Trinajstić information content (AvgIpc) is 2.25. The van der Waals surface area contributed by atoms with E-state index >= 15 is 0 Å². The highest BCUT2D eigenvalue weighted by Gasteiger charge is 2.39. The Morgan fingerprint density at radius 2 is 1.76 bits per heavy atom. The second-order valence-electron chi connectivity index (χ2n) is 5.01. The van der Waals surface area contributed by atoms with Gasteiger partial charge in [-0.25, -0.2) is 0 Å². The predicted octanol–water partition coefficient (Wildman–Crippen LogP) is 2.99. The Morgan fingerprint density at radius 1 is 1.24 bits per heavy atom. The van der Waals surface area contributed by atoms with E-state index in [2.05, 4.69) is 0 Å². The summed E-state index contributed by atoms with van der Waals surface area (Å²) in [7, 11) is -2.75. The SMILES string of the molecule is CC(=O)OCP(=O)(c1ccccc1)C(C)(C)C. The Kier molecular flexibility index (Phi) is 4.16. The van der Waals surface area contributed by atoms with Gasteiger partial charge in [-0.3, -0.25) is 4.79 Å². The highest BCUT2D eigenvalue weighted by molar-refractivity contribution is 7.72. The molecule has 0 fully saturated rings. The van der Waals surface area contributed by atoms with Crippen LogP contribution in [0.4, 0.5) is 0 Å². The monoisotopic (exact) mass is 254 g/mol. The molecule has 3 nitrogen and oxygen atoms in total. The van der Waals surface area contributed by atoms with Crippen LogP contribution in [0, 0.1) is 0 Å². The molecule has 0 aliphatic carbocycles. The van der Waals surface area contributed by atoms with Gasteiger partial charge < -0.3 is 9.30 Å². The summed E-state index contributed by atoms with van der Waals surface area (Å²) < 4.78 is 18.0. The Bertz CT molecular complexity index is 432. The van der Waals surface area contributed by atoms with Gasteiger partial charge >= 0.3 is 5.97 Å². The van der Waals surface area contributed by atoms with Crippen molar-refractivity contribution in [3.05, 3.63) is 30.3 Å². The Balaban J connectivity index is 3.12. The third kappa shape index (κ3) is 3.19. The molecule has 0 spiro atoms. The minimum Gasteiger partial charge on any atom is -0.458 e. The van der Waals surface area contributed by atoms with Crippen molar-refractivity contribution in [2.45, 2.75) is 32.9 Å². The van der Waals surface area contributed by atoms with Crippen molar-refractivity contribution in [1.82, 2.24) is 0 Å². The Labute approximate surface area is 103 Å².